The van der Waals surface area contributed by atoms with Gasteiger partial charge in [0.25, 0.3) is 0 Å². The van der Waals surface area contributed by atoms with E-state index in [9.17, 15) is 14.1 Å². The molecule has 1 rings (SSSR count). The van der Waals surface area contributed by atoms with Crippen molar-refractivity contribution >= 4 is 35.2 Å². The standard InChI is InChI=1S/C19H24N2O3S2.C3H8/c1-13(15-8-6-7-14(10-15)12-20)9-16(25)19(5,11-17(22)23)21-26(24)18(2,3)4;1-3-2/h6-10,21,25H,1,11H2,2-5H3,(H,22,23);3H2,1-2H3/b16-9-;/t19-,26?;/m0./s1. The van der Waals surface area contributed by atoms with Gasteiger partial charge >= 0.3 is 5.97 Å². The number of carbonyl (C=O) groups is 1. The minimum atomic E-state index is -1.48. The van der Waals surface area contributed by atoms with Crippen molar-refractivity contribution in [2.24, 2.45) is 0 Å². The van der Waals surface area contributed by atoms with Crippen LogP contribution in [-0.4, -0.2) is 25.6 Å². The van der Waals surface area contributed by atoms with Gasteiger partial charge in [0.05, 0.1) is 39.3 Å². The number of hydrogen-bond donors (Lipinski definition) is 3. The molecular weight excluding hydrogens is 404 g/mol. The Morgan fingerprint density at radius 3 is 2.34 bits per heavy atom. The van der Waals surface area contributed by atoms with E-state index in [-0.39, 0.29) is 6.42 Å². The van der Waals surface area contributed by atoms with Crippen LogP contribution in [0.1, 0.15) is 65.5 Å². The predicted molar refractivity (Wildman–Crippen MR) is 125 cm³/mol. The highest BCUT2D eigenvalue weighted by atomic mass is 32.2. The molecule has 7 heteroatoms. The quantitative estimate of drug-likeness (QED) is 0.410. The summed E-state index contributed by atoms with van der Waals surface area (Å²) in [6.07, 6.45) is 2.59. The second-order valence-corrected chi connectivity index (χ2v) is 10.3. The van der Waals surface area contributed by atoms with Crippen molar-refractivity contribution in [1.29, 1.82) is 5.26 Å². The lowest BCUT2D eigenvalue weighted by Gasteiger charge is -2.32. The van der Waals surface area contributed by atoms with Gasteiger partial charge in [0.15, 0.2) is 0 Å². The predicted octanol–water partition coefficient (Wildman–Crippen LogP) is 5.09. The first-order valence-electron chi connectivity index (χ1n) is 9.32. The van der Waals surface area contributed by atoms with Gasteiger partial charge in [0, 0.05) is 4.91 Å². The molecule has 0 bridgehead atoms. The van der Waals surface area contributed by atoms with Crippen molar-refractivity contribution in [2.75, 3.05) is 0 Å². The SMILES string of the molecule is C=C(/C=C(\S)[C@](C)(CC(=O)O)NS(=O)C(C)(C)C)c1cccc(C#N)c1.CCC. The van der Waals surface area contributed by atoms with Crippen molar-refractivity contribution < 1.29 is 14.1 Å². The van der Waals surface area contributed by atoms with Crippen molar-refractivity contribution in [1.82, 2.24) is 4.72 Å². The van der Waals surface area contributed by atoms with Gasteiger partial charge in [-0.3, -0.25) is 4.79 Å². The van der Waals surface area contributed by atoms with Gasteiger partial charge in [0.2, 0.25) is 0 Å². The lowest BCUT2D eigenvalue weighted by molar-refractivity contribution is -0.138. The number of thiol groups is 1. The van der Waals surface area contributed by atoms with Crippen molar-refractivity contribution in [3.05, 3.63) is 53.0 Å². The van der Waals surface area contributed by atoms with Crippen molar-refractivity contribution in [2.45, 2.75) is 64.7 Å². The molecule has 160 valence electrons. The molecule has 1 aromatic carbocycles. The molecule has 0 amide bonds. The van der Waals surface area contributed by atoms with E-state index >= 15 is 0 Å². The molecule has 0 aromatic heterocycles. The van der Waals surface area contributed by atoms with Crippen LogP contribution >= 0.6 is 12.6 Å². The molecule has 2 atom stereocenters. The van der Waals surface area contributed by atoms with Gasteiger partial charge in [-0.1, -0.05) is 39.0 Å². The van der Waals surface area contributed by atoms with E-state index in [1.165, 1.54) is 6.42 Å². The van der Waals surface area contributed by atoms with Crippen molar-refractivity contribution in [3.63, 3.8) is 0 Å². The fraction of sp³-hybridized carbons (Fsp3) is 0.455. The average molecular weight is 437 g/mol. The third kappa shape index (κ3) is 9.44. The Hall–Kier alpha value is -1.88. The van der Waals surface area contributed by atoms with E-state index in [0.717, 1.165) is 5.56 Å². The van der Waals surface area contributed by atoms with Crippen molar-refractivity contribution in [3.8, 4) is 6.07 Å². The van der Waals surface area contributed by atoms with Gasteiger partial charge in [0.1, 0.15) is 0 Å². The second-order valence-electron chi connectivity index (χ2n) is 7.84. The minimum absolute atomic E-state index is 0.296. The maximum absolute atomic E-state index is 12.5. The van der Waals surface area contributed by atoms with E-state index in [1.807, 2.05) is 0 Å². The van der Waals surface area contributed by atoms with Crippen LogP contribution in [0.2, 0.25) is 0 Å². The van der Waals surface area contributed by atoms with E-state index < -0.39 is 27.2 Å². The lowest BCUT2D eigenvalue weighted by Crippen LogP contribution is -2.49. The number of nitrogens with zero attached hydrogens (tertiary/aromatic N) is 1. The number of hydrogen-bond acceptors (Lipinski definition) is 4. The summed E-state index contributed by atoms with van der Waals surface area (Å²) in [5.74, 6) is -1.04. The molecule has 0 saturated heterocycles. The number of benzene rings is 1. The number of nitrogens with one attached hydrogen (secondary N) is 1. The van der Waals surface area contributed by atoms with Crippen LogP contribution in [0.25, 0.3) is 5.57 Å². The summed E-state index contributed by atoms with van der Waals surface area (Å²) < 4.78 is 14.8. The Morgan fingerprint density at radius 1 is 1.34 bits per heavy atom. The Balaban J connectivity index is 0.00000245. The zero-order valence-corrected chi connectivity index (χ0v) is 19.8. The molecule has 0 aliphatic heterocycles. The number of nitriles is 1. The maximum Gasteiger partial charge on any atom is 0.305 e. The summed E-state index contributed by atoms with van der Waals surface area (Å²) in [6.45, 7) is 15.3. The Bertz CT molecular complexity index is 820. The molecule has 0 aliphatic rings. The van der Waals surface area contributed by atoms with Gasteiger partial charge in [-0.05, 0) is 57.0 Å². The Morgan fingerprint density at radius 2 is 1.90 bits per heavy atom. The highest BCUT2D eigenvalue weighted by molar-refractivity contribution is 7.85. The van der Waals surface area contributed by atoms with E-state index in [0.29, 0.717) is 16.0 Å². The first kappa shape index (κ1) is 27.1. The molecule has 1 aromatic rings. The maximum atomic E-state index is 12.5. The van der Waals surface area contributed by atoms with Gasteiger partial charge in [-0.25, -0.2) is 8.93 Å². The Kier molecular flexibility index (Phi) is 11.2. The third-order valence-electron chi connectivity index (χ3n) is 3.62. The lowest BCUT2D eigenvalue weighted by atomic mass is 9.95. The number of aliphatic carboxylic acids is 1. The highest BCUT2D eigenvalue weighted by Crippen LogP contribution is 2.29. The molecule has 29 heavy (non-hydrogen) atoms. The summed E-state index contributed by atoms with van der Waals surface area (Å²) in [7, 11) is -1.48. The summed E-state index contributed by atoms with van der Waals surface area (Å²) in [4.78, 5) is 11.7. The summed E-state index contributed by atoms with van der Waals surface area (Å²) in [5.41, 5.74) is 0.665. The van der Waals surface area contributed by atoms with Crippen LogP contribution in [0.3, 0.4) is 0 Å². The number of carboxylic acids is 1. The van der Waals surface area contributed by atoms with Crippen LogP contribution in [0.15, 0.2) is 41.8 Å². The molecule has 1 unspecified atom stereocenters. The number of carboxylic acid groups (broad SMARTS) is 1. The fourth-order valence-electron chi connectivity index (χ4n) is 2.04. The summed E-state index contributed by atoms with van der Waals surface area (Å²) in [6, 6.07) is 8.98. The van der Waals surface area contributed by atoms with Crippen LogP contribution < -0.4 is 4.72 Å². The molecule has 0 saturated carbocycles. The van der Waals surface area contributed by atoms with Crippen LogP contribution in [0.5, 0.6) is 0 Å². The van der Waals surface area contributed by atoms with Gasteiger partial charge in [-0.2, -0.15) is 5.26 Å². The van der Waals surface area contributed by atoms with Crippen LogP contribution in [0, 0.1) is 11.3 Å². The fourth-order valence-corrected chi connectivity index (χ4v) is 3.30. The normalized spacial score (nSPS) is 14.6. The number of allylic oxidation sites excluding steroid dienone is 2. The second kappa shape index (κ2) is 12.0. The van der Waals surface area contributed by atoms with E-state index in [2.05, 4.69) is 43.8 Å². The largest absolute Gasteiger partial charge is 0.481 e. The zero-order chi connectivity index (χ0) is 22.8. The monoisotopic (exact) mass is 436 g/mol. The van der Waals surface area contributed by atoms with E-state index in [1.54, 1.807) is 58.0 Å². The topological polar surface area (TPSA) is 90.2 Å². The number of rotatable bonds is 7. The first-order valence-corrected chi connectivity index (χ1v) is 10.9. The van der Waals surface area contributed by atoms with Gasteiger partial charge in [-0.15, -0.1) is 12.6 Å². The zero-order valence-electron chi connectivity index (χ0n) is 18.1. The van der Waals surface area contributed by atoms with Crippen LogP contribution in [0.4, 0.5) is 0 Å². The molecule has 0 radical (unpaired) electrons. The molecule has 0 fully saturated rings. The molecular formula is C22H32N2O3S2. The smallest absolute Gasteiger partial charge is 0.305 e. The average Bonchev–Trinajstić information content (AvgIpc) is 2.60. The summed E-state index contributed by atoms with van der Waals surface area (Å²) >= 11 is 4.47. The minimum Gasteiger partial charge on any atom is -0.481 e. The molecule has 5 nitrogen and oxygen atoms in total. The highest BCUT2D eigenvalue weighted by Gasteiger charge is 2.35. The van der Waals surface area contributed by atoms with Crippen LogP contribution in [-0.2, 0) is 15.8 Å². The molecule has 0 aliphatic carbocycles. The molecule has 2 N–H and O–H groups in total. The molecule has 0 spiro atoms. The molecule has 0 heterocycles. The Labute approximate surface area is 182 Å². The first-order chi connectivity index (χ1) is 13.3. The van der Waals surface area contributed by atoms with E-state index in [4.69, 9.17) is 5.26 Å². The van der Waals surface area contributed by atoms with Gasteiger partial charge < -0.3 is 5.11 Å². The third-order valence-corrected chi connectivity index (χ3v) is 5.99. The summed E-state index contributed by atoms with van der Waals surface area (Å²) in [5, 5.41) is 18.3.